The van der Waals surface area contributed by atoms with Gasteiger partial charge in [0.2, 0.25) is 0 Å². The van der Waals surface area contributed by atoms with Crippen molar-refractivity contribution in [1.82, 2.24) is 10.2 Å². The van der Waals surface area contributed by atoms with E-state index in [4.69, 9.17) is 4.74 Å². The third-order valence-electron chi connectivity index (χ3n) is 3.86. The summed E-state index contributed by atoms with van der Waals surface area (Å²) in [5.41, 5.74) is 2.77. The normalized spacial score (nSPS) is 19.9. The fourth-order valence-electron chi connectivity index (χ4n) is 2.56. The van der Waals surface area contributed by atoms with Crippen molar-refractivity contribution in [1.29, 1.82) is 0 Å². The van der Waals surface area contributed by atoms with Gasteiger partial charge in [-0.3, -0.25) is 15.0 Å². The van der Waals surface area contributed by atoms with E-state index in [1.165, 1.54) is 0 Å². The van der Waals surface area contributed by atoms with Gasteiger partial charge in [0.15, 0.2) is 0 Å². The molecule has 3 rings (SSSR count). The lowest BCUT2D eigenvalue weighted by atomic mass is 10.0. The van der Waals surface area contributed by atoms with E-state index in [2.05, 4.69) is 22.4 Å². The third kappa shape index (κ3) is 2.77. The van der Waals surface area contributed by atoms with Gasteiger partial charge in [-0.1, -0.05) is 12.1 Å². The number of ether oxygens (including phenoxy) is 1. The molecule has 106 valence electrons. The summed E-state index contributed by atoms with van der Waals surface area (Å²) in [6, 6.07) is 10.0. The summed E-state index contributed by atoms with van der Waals surface area (Å²) in [5, 5.41) is 8.90. The van der Waals surface area contributed by atoms with Gasteiger partial charge in [0.1, 0.15) is 0 Å². The highest BCUT2D eigenvalue weighted by Crippen LogP contribution is 2.22. The van der Waals surface area contributed by atoms with E-state index in [1.807, 2.05) is 24.3 Å². The van der Waals surface area contributed by atoms with Crippen LogP contribution in [0.4, 0.5) is 5.69 Å². The molecule has 2 heterocycles. The molecular weight excluding hydrogens is 254 g/mol. The molecule has 1 saturated heterocycles. The highest BCUT2D eigenvalue weighted by atomic mass is 16.5. The molecule has 0 aliphatic carbocycles. The van der Waals surface area contributed by atoms with Crippen LogP contribution in [0.2, 0.25) is 0 Å². The zero-order valence-corrected chi connectivity index (χ0v) is 11.5. The molecule has 2 aromatic rings. The van der Waals surface area contributed by atoms with E-state index in [-0.39, 0.29) is 5.56 Å². The number of rotatable bonds is 4. The van der Waals surface area contributed by atoms with Crippen molar-refractivity contribution in [2.24, 2.45) is 5.92 Å². The predicted octanol–water partition coefficient (Wildman–Crippen LogP) is 2.21. The van der Waals surface area contributed by atoms with Crippen LogP contribution in [0.1, 0.15) is 13.3 Å². The Labute approximate surface area is 117 Å². The molecule has 20 heavy (non-hydrogen) atoms. The molecule has 0 bridgehead atoms. The third-order valence-corrected chi connectivity index (χ3v) is 3.86. The van der Waals surface area contributed by atoms with E-state index in [1.54, 1.807) is 6.07 Å². The lowest BCUT2D eigenvalue weighted by Crippen LogP contribution is -2.25. The number of hydrogen-bond acceptors (Lipinski definition) is 3. The number of anilines is 1. The highest BCUT2D eigenvalue weighted by molar-refractivity contribution is 5.62. The van der Waals surface area contributed by atoms with Gasteiger partial charge >= 0.3 is 0 Å². The first kappa shape index (κ1) is 13.0. The molecule has 2 unspecified atom stereocenters. The quantitative estimate of drug-likeness (QED) is 0.800. The molecule has 5 heteroatoms. The van der Waals surface area contributed by atoms with Gasteiger partial charge in [0.25, 0.3) is 5.56 Å². The van der Waals surface area contributed by atoms with Crippen LogP contribution in [0, 0.1) is 5.92 Å². The molecule has 0 spiro atoms. The van der Waals surface area contributed by atoms with Crippen LogP contribution in [0.3, 0.4) is 0 Å². The van der Waals surface area contributed by atoms with Gasteiger partial charge in [-0.2, -0.15) is 0 Å². The van der Waals surface area contributed by atoms with E-state index in [0.717, 1.165) is 36.6 Å². The van der Waals surface area contributed by atoms with Crippen LogP contribution >= 0.6 is 0 Å². The molecule has 0 radical (unpaired) electrons. The number of nitrogens with one attached hydrogen (secondary N) is 3. The van der Waals surface area contributed by atoms with E-state index in [0.29, 0.717) is 12.0 Å². The van der Waals surface area contributed by atoms with Crippen molar-refractivity contribution in [3.05, 3.63) is 40.7 Å². The molecule has 1 aromatic heterocycles. The summed E-state index contributed by atoms with van der Waals surface area (Å²) < 4.78 is 5.42. The number of aromatic amines is 2. The lowest BCUT2D eigenvalue weighted by molar-refractivity contribution is 0.183. The Morgan fingerprint density at radius 2 is 2.10 bits per heavy atom. The van der Waals surface area contributed by atoms with Gasteiger partial charge in [-0.15, -0.1) is 0 Å². The van der Waals surface area contributed by atoms with Crippen molar-refractivity contribution in [2.45, 2.75) is 19.4 Å². The van der Waals surface area contributed by atoms with Crippen molar-refractivity contribution < 1.29 is 4.74 Å². The average molecular weight is 273 g/mol. The SMILES string of the molecule is CC(Nc1ccc(-c2cc(=O)[nH][nH]2)cc1)C1CCOC1. The highest BCUT2D eigenvalue weighted by Gasteiger charge is 2.21. The Balaban J connectivity index is 1.68. The molecule has 1 fully saturated rings. The molecule has 0 saturated carbocycles. The van der Waals surface area contributed by atoms with Gasteiger partial charge in [-0.25, -0.2) is 0 Å². The van der Waals surface area contributed by atoms with Gasteiger partial charge in [0.05, 0.1) is 12.3 Å². The first-order valence-corrected chi connectivity index (χ1v) is 6.95. The van der Waals surface area contributed by atoms with Gasteiger partial charge < -0.3 is 10.1 Å². The van der Waals surface area contributed by atoms with Crippen LogP contribution in [-0.2, 0) is 4.74 Å². The van der Waals surface area contributed by atoms with E-state index >= 15 is 0 Å². The second-order valence-electron chi connectivity index (χ2n) is 5.31. The van der Waals surface area contributed by atoms with Crippen molar-refractivity contribution >= 4 is 5.69 Å². The van der Waals surface area contributed by atoms with E-state index in [9.17, 15) is 4.79 Å². The molecule has 3 N–H and O–H groups in total. The zero-order chi connectivity index (χ0) is 13.9. The lowest BCUT2D eigenvalue weighted by Gasteiger charge is -2.20. The molecule has 0 amide bonds. The minimum absolute atomic E-state index is 0.114. The Hall–Kier alpha value is -2.01. The summed E-state index contributed by atoms with van der Waals surface area (Å²) >= 11 is 0. The van der Waals surface area contributed by atoms with Crippen LogP contribution in [0.5, 0.6) is 0 Å². The molecule has 1 aromatic carbocycles. The number of aromatic nitrogens is 2. The van der Waals surface area contributed by atoms with Crippen LogP contribution in [0.15, 0.2) is 35.1 Å². The van der Waals surface area contributed by atoms with Crippen molar-refractivity contribution in [3.63, 3.8) is 0 Å². The fraction of sp³-hybridized carbons (Fsp3) is 0.400. The minimum atomic E-state index is -0.114. The monoisotopic (exact) mass is 273 g/mol. The number of hydrogen-bond donors (Lipinski definition) is 3. The molecule has 1 aliphatic heterocycles. The topological polar surface area (TPSA) is 69.9 Å². The maximum Gasteiger partial charge on any atom is 0.264 e. The minimum Gasteiger partial charge on any atom is -0.382 e. The van der Waals surface area contributed by atoms with Crippen molar-refractivity contribution in [3.8, 4) is 11.3 Å². The van der Waals surface area contributed by atoms with E-state index < -0.39 is 0 Å². The van der Waals surface area contributed by atoms with Crippen LogP contribution < -0.4 is 10.9 Å². The summed E-state index contributed by atoms with van der Waals surface area (Å²) in [6.45, 7) is 3.91. The van der Waals surface area contributed by atoms with Crippen LogP contribution in [-0.4, -0.2) is 29.5 Å². The van der Waals surface area contributed by atoms with Crippen molar-refractivity contribution in [2.75, 3.05) is 18.5 Å². The number of H-pyrrole nitrogens is 2. The maximum absolute atomic E-state index is 11.1. The van der Waals surface area contributed by atoms with Gasteiger partial charge in [0, 0.05) is 30.3 Å². The molecule has 1 aliphatic rings. The Morgan fingerprint density at radius 3 is 2.70 bits per heavy atom. The number of benzene rings is 1. The Morgan fingerprint density at radius 1 is 1.30 bits per heavy atom. The summed E-state index contributed by atoms with van der Waals surface area (Å²) in [4.78, 5) is 11.1. The second-order valence-corrected chi connectivity index (χ2v) is 5.31. The summed E-state index contributed by atoms with van der Waals surface area (Å²) in [6.07, 6.45) is 1.12. The standard InChI is InChI=1S/C15H19N3O2/c1-10(12-6-7-20-9-12)16-13-4-2-11(3-5-13)14-8-15(19)18-17-14/h2-5,8,10,12,16H,6-7,9H2,1H3,(H2,17,18,19). The smallest absolute Gasteiger partial charge is 0.264 e. The molecular formula is C15H19N3O2. The first-order chi connectivity index (χ1) is 9.72. The molecule has 2 atom stereocenters. The average Bonchev–Trinajstić information content (AvgIpc) is 3.10. The predicted molar refractivity (Wildman–Crippen MR) is 78.9 cm³/mol. The Bertz CT molecular complexity index is 609. The maximum atomic E-state index is 11.1. The summed E-state index contributed by atoms with van der Waals surface area (Å²) in [5.74, 6) is 0.579. The first-order valence-electron chi connectivity index (χ1n) is 6.95. The molecule has 5 nitrogen and oxygen atoms in total. The fourth-order valence-corrected chi connectivity index (χ4v) is 2.56. The largest absolute Gasteiger partial charge is 0.382 e. The Kier molecular flexibility index (Phi) is 3.60. The second kappa shape index (κ2) is 5.54. The van der Waals surface area contributed by atoms with Crippen LogP contribution in [0.25, 0.3) is 11.3 Å². The zero-order valence-electron chi connectivity index (χ0n) is 11.5. The summed E-state index contributed by atoms with van der Waals surface area (Å²) in [7, 11) is 0. The van der Waals surface area contributed by atoms with Gasteiger partial charge in [-0.05, 0) is 31.0 Å².